The van der Waals surface area contributed by atoms with Crippen LogP contribution in [0.1, 0.15) is 27.7 Å². The van der Waals surface area contributed by atoms with Crippen molar-refractivity contribution in [2.75, 3.05) is 5.32 Å². The molecule has 6 heteroatoms. The molecule has 2 rings (SSSR count). The van der Waals surface area contributed by atoms with Crippen molar-refractivity contribution >= 4 is 35.1 Å². The third-order valence-electron chi connectivity index (χ3n) is 3.66. The van der Waals surface area contributed by atoms with E-state index < -0.39 is 6.04 Å². The molecule has 0 saturated carbocycles. The van der Waals surface area contributed by atoms with Crippen molar-refractivity contribution in [1.82, 2.24) is 4.90 Å². The van der Waals surface area contributed by atoms with E-state index in [0.717, 1.165) is 0 Å². The van der Waals surface area contributed by atoms with Crippen LogP contribution in [0.2, 0.25) is 5.02 Å². The second-order valence-electron chi connectivity index (χ2n) is 6.23. The summed E-state index contributed by atoms with van der Waals surface area (Å²) in [5.74, 6) is 0.263. The number of hydrogen-bond acceptors (Lipinski definition) is 3. The molecule has 1 aliphatic rings. The van der Waals surface area contributed by atoms with Gasteiger partial charge >= 0.3 is 6.03 Å². The van der Waals surface area contributed by atoms with Crippen LogP contribution in [0, 0.1) is 17.2 Å². The molecule has 0 aromatic heterocycles. The van der Waals surface area contributed by atoms with Crippen LogP contribution in [0.5, 0.6) is 0 Å². The Hall–Kier alpha value is -1.38. The Kier molecular flexibility index (Phi) is 4.93. The van der Waals surface area contributed by atoms with Crippen molar-refractivity contribution in [2.45, 2.75) is 43.9 Å². The second-order valence-corrected chi connectivity index (χ2v) is 8.44. The van der Waals surface area contributed by atoms with Crippen LogP contribution < -0.4 is 5.32 Å². The fraction of sp³-hybridized carbons (Fsp3) is 0.500. The molecule has 0 radical (unpaired) electrons. The zero-order chi connectivity index (χ0) is 16.5. The van der Waals surface area contributed by atoms with Crippen molar-refractivity contribution < 1.29 is 4.79 Å². The Bertz CT molecular complexity index is 594. The first-order valence-corrected chi connectivity index (χ1v) is 8.44. The average Bonchev–Trinajstić information content (AvgIpc) is 2.72. The van der Waals surface area contributed by atoms with Crippen LogP contribution in [0.25, 0.3) is 0 Å². The summed E-state index contributed by atoms with van der Waals surface area (Å²) in [6.45, 7) is 8.15. The van der Waals surface area contributed by atoms with Gasteiger partial charge in [-0.15, -0.1) is 11.8 Å². The van der Waals surface area contributed by atoms with Crippen LogP contribution in [0.3, 0.4) is 0 Å². The Morgan fingerprint density at radius 2 is 2.00 bits per heavy atom. The molecule has 1 aromatic rings. The van der Waals surface area contributed by atoms with E-state index in [1.165, 1.54) is 0 Å². The number of nitriles is 1. The van der Waals surface area contributed by atoms with E-state index in [1.807, 2.05) is 13.8 Å². The normalized spacial score (nSPS) is 23.4. The van der Waals surface area contributed by atoms with Crippen LogP contribution in [-0.2, 0) is 0 Å². The number of halogens is 1. The molecule has 0 aliphatic carbocycles. The van der Waals surface area contributed by atoms with Gasteiger partial charge in [0.2, 0.25) is 0 Å². The number of anilines is 1. The highest BCUT2D eigenvalue weighted by Gasteiger charge is 2.50. The number of amides is 2. The van der Waals surface area contributed by atoms with Crippen molar-refractivity contribution in [3.8, 4) is 6.07 Å². The predicted molar refractivity (Wildman–Crippen MR) is 92.0 cm³/mol. The van der Waals surface area contributed by atoms with E-state index in [9.17, 15) is 10.1 Å². The van der Waals surface area contributed by atoms with Crippen molar-refractivity contribution in [1.29, 1.82) is 5.26 Å². The molecule has 1 N–H and O–H groups in total. The highest BCUT2D eigenvalue weighted by molar-refractivity contribution is 8.01. The third kappa shape index (κ3) is 3.34. The quantitative estimate of drug-likeness (QED) is 0.859. The number of rotatable bonds is 2. The van der Waals surface area contributed by atoms with Gasteiger partial charge in [0.1, 0.15) is 6.04 Å². The highest BCUT2D eigenvalue weighted by Crippen LogP contribution is 2.46. The van der Waals surface area contributed by atoms with Gasteiger partial charge in [-0.1, -0.05) is 25.4 Å². The van der Waals surface area contributed by atoms with Gasteiger partial charge in [-0.3, -0.25) is 4.90 Å². The minimum atomic E-state index is -0.461. The molecular weight excluding hydrogens is 318 g/mol. The first-order chi connectivity index (χ1) is 10.3. The van der Waals surface area contributed by atoms with E-state index >= 15 is 0 Å². The molecule has 1 aliphatic heterocycles. The number of carbonyl (C=O) groups is 1. The minimum absolute atomic E-state index is 0.0213. The summed E-state index contributed by atoms with van der Waals surface area (Å²) in [5, 5.41) is 13.0. The SMILES string of the molecule is CC(C)C1SC(C)(C)C(C#N)N1C(=O)Nc1ccc(Cl)cc1. The third-order valence-corrected chi connectivity index (χ3v) is 5.75. The summed E-state index contributed by atoms with van der Waals surface area (Å²) in [5.41, 5.74) is 0.670. The van der Waals surface area contributed by atoms with Gasteiger partial charge in [0.05, 0.1) is 11.4 Å². The molecular formula is C16H20ClN3OS. The molecule has 1 heterocycles. The number of benzene rings is 1. The topological polar surface area (TPSA) is 56.1 Å². The molecule has 4 nitrogen and oxygen atoms in total. The Balaban J connectivity index is 2.24. The monoisotopic (exact) mass is 337 g/mol. The first-order valence-electron chi connectivity index (χ1n) is 7.18. The molecule has 0 bridgehead atoms. The fourth-order valence-corrected chi connectivity index (χ4v) is 4.19. The van der Waals surface area contributed by atoms with Gasteiger partial charge in [-0.25, -0.2) is 4.79 Å². The van der Waals surface area contributed by atoms with E-state index in [4.69, 9.17) is 11.6 Å². The van der Waals surface area contributed by atoms with Crippen molar-refractivity contribution in [3.05, 3.63) is 29.3 Å². The highest BCUT2D eigenvalue weighted by atomic mass is 35.5. The standard InChI is InChI=1S/C16H20ClN3OS/c1-10(2)14-20(13(9-18)16(3,4)22-14)15(21)19-12-7-5-11(17)6-8-12/h5-8,10,13-14H,1-4H3,(H,19,21). The van der Waals surface area contributed by atoms with Crippen LogP contribution in [0.15, 0.2) is 24.3 Å². The lowest BCUT2D eigenvalue weighted by Crippen LogP contribution is -2.48. The molecule has 1 aromatic carbocycles. The van der Waals surface area contributed by atoms with Crippen molar-refractivity contribution in [3.63, 3.8) is 0 Å². The molecule has 2 amide bonds. The van der Waals surface area contributed by atoms with Gasteiger partial charge in [0.25, 0.3) is 0 Å². The van der Waals surface area contributed by atoms with Crippen molar-refractivity contribution in [2.24, 2.45) is 5.92 Å². The molecule has 0 spiro atoms. The number of carbonyl (C=O) groups excluding carboxylic acids is 1. The van der Waals surface area contributed by atoms with Gasteiger partial charge in [0.15, 0.2) is 0 Å². The average molecular weight is 338 g/mol. The molecule has 118 valence electrons. The number of nitrogens with one attached hydrogen (secondary N) is 1. The summed E-state index contributed by atoms with van der Waals surface area (Å²) in [7, 11) is 0. The summed E-state index contributed by atoms with van der Waals surface area (Å²) in [6.07, 6.45) is 0. The second kappa shape index (κ2) is 6.39. The first kappa shape index (κ1) is 17.0. The van der Waals surface area contributed by atoms with Crippen LogP contribution in [0.4, 0.5) is 10.5 Å². The lowest BCUT2D eigenvalue weighted by atomic mass is 10.0. The lowest BCUT2D eigenvalue weighted by Gasteiger charge is -2.29. The fourth-order valence-electron chi connectivity index (χ4n) is 2.54. The summed E-state index contributed by atoms with van der Waals surface area (Å²) in [6, 6.07) is 8.53. The van der Waals surface area contributed by atoms with Gasteiger partial charge in [-0.2, -0.15) is 5.26 Å². The zero-order valence-corrected chi connectivity index (χ0v) is 14.7. The molecule has 1 saturated heterocycles. The number of urea groups is 1. The zero-order valence-electron chi connectivity index (χ0n) is 13.1. The van der Waals surface area contributed by atoms with E-state index in [1.54, 1.807) is 40.9 Å². The predicted octanol–water partition coefficient (Wildman–Crippen LogP) is 4.57. The smallest absolute Gasteiger partial charge is 0.308 e. The van der Waals surface area contributed by atoms with Crippen LogP contribution >= 0.6 is 23.4 Å². The minimum Gasteiger partial charge on any atom is -0.308 e. The molecule has 22 heavy (non-hydrogen) atoms. The summed E-state index contributed by atoms with van der Waals surface area (Å²) >= 11 is 7.53. The Labute approximate surface area is 140 Å². The molecule has 2 atom stereocenters. The number of hydrogen-bond donors (Lipinski definition) is 1. The van der Waals surface area contributed by atoms with Crippen LogP contribution in [-0.4, -0.2) is 27.1 Å². The number of nitrogens with zero attached hydrogens (tertiary/aromatic N) is 2. The maximum atomic E-state index is 12.7. The lowest BCUT2D eigenvalue weighted by molar-refractivity contribution is 0.184. The maximum Gasteiger partial charge on any atom is 0.323 e. The van der Waals surface area contributed by atoms with E-state index in [0.29, 0.717) is 10.7 Å². The van der Waals surface area contributed by atoms with E-state index in [-0.39, 0.29) is 22.1 Å². The van der Waals surface area contributed by atoms with Gasteiger partial charge < -0.3 is 5.32 Å². The molecule has 2 unspecified atom stereocenters. The largest absolute Gasteiger partial charge is 0.323 e. The summed E-state index contributed by atoms with van der Waals surface area (Å²) in [4.78, 5) is 14.4. The Morgan fingerprint density at radius 1 is 1.41 bits per heavy atom. The van der Waals surface area contributed by atoms with E-state index in [2.05, 4.69) is 25.2 Å². The summed E-state index contributed by atoms with van der Waals surface area (Å²) < 4.78 is -0.291. The Morgan fingerprint density at radius 3 is 2.50 bits per heavy atom. The number of thioether (sulfide) groups is 1. The van der Waals surface area contributed by atoms with Gasteiger partial charge in [-0.05, 0) is 44.0 Å². The molecule has 1 fully saturated rings. The maximum absolute atomic E-state index is 12.7. The van der Waals surface area contributed by atoms with Gasteiger partial charge in [0, 0.05) is 15.5 Å².